The number of aromatic nitrogens is 2. The zero-order valence-corrected chi connectivity index (χ0v) is 18.9. The highest BCUT2D eigenvalue weighted by Gasteiger charge is 2.40. The first-order chi connectivity index (χ1) is 15.6. The molecule has 1 unspecified atom stereocenters. The van der Waals surface area contributed by atoms with Crippen LogP contribution in [0.1, 0.15) is 51.2 Å². The van der Waals surface area contributed by atoms with Crippen molar-refractivity contribution in [3.63, 3.8) is 0 Å². The van der Waals surface area contributed by atoms with Crippen LogP contribution in [0.2, 0.25) is 0 Å². The van der Waals surface area contributed by atoms with Crippen LogP contribution in [0, 0.1) is 5.92 Å². The average Bonchev–Trinajstić information content (AvgIpc) is 3.34. The first-order valence-corrected chi connectivity index (χ1v) is 11.8. The fourth-order valence-electron chi connectivity index (χ4n) is 4.94. The summed E-state index contributed by atoms with van der Waals surface area (Å²) in [5.41, 5.74) is 3.04. The Kier molecular flexibility index (Phi) is 5.87. The minimum atomic E-state index is -0.317. The number of carbonyl (C=O) groups is 1. The van der Waals surface area contributed by atoms with Gasteiger partial charge in [-0.05, 0) is 43.0 Å². The van der Waals surface area contributed by atoms with Crippen molar-refractivity contribution in [1.29, 1.82) is 0 Å². The number of rotatable bonds is 5. The Balaban J connectivity index is 1.40. The van der Waals surface area contributed by atoms with Crippen LogP contribution in [0.5, 0.6) is 0 Å². The van der Waals surface area contributed by atoms with Gasteiger partial charge < -0.3 is 20.3 Å². The van der Waals surface area contributed by atoms with E-state index >= 15 is 0 Å². The molecule has 3 heterocycles. The van der Waals surface area contributed by atoms with Crippen molar-refractivity contribution in [2.45, 2.75) is 51.7 Å². The summed E-state index contributed by atoms with van der Waals surface area (Å²) in [7, 11) is 0. The van der Waals surface area contributed by atoms with E-state index in [0.29, 0.717) is 11.8 Å². The summed E-state index contributed by atoms with van der Waals surface area (Å²) >= 11 is 0. The van der Waals surface area contributed by atoms with Crippen LogP contribution in [0.15, 0.2) is 30.5 Å². The zero-order chi connectivity index (χ0) is 22.1. The van der Waals surface area contributed by atoms with Crippen molar-refractivity contribution >= 4 is 29.2 Å². The molecule has 1 amide bonds. The highest BCUT2D eigenvalue weighted by Crippen LogP contribution is 2.41. The molecule has 2 aliphatic heterocycles. The molecule has 1 saturated carbocycles. The maximum Gasteiger partial charge on any atom is 0.416 e. The van der Waals surface area contributed by atoms with E-state index in [1.807, 2.05) is 6.20 Å². The van der Waals surface area contributed by atoms with Crippen LogP contribution >= 0.6 is 0 Å². The van der Waals surface area contributed by atoms with E-state index in [1.165, 1.54) is 5.69 Å². The lowest BCUT2D eigenvalue weighted by Crippen LogP contribution is -2.45. The lowest BCUT2D eigenvalue weighted by Gasteiger charge is -2.37. The Labute approximate surface area is 189 Å². The normalized spacial score (nSPS) is 21.6. The van der Waals surface area contributed by atoms with Gasteiger partial charge in [0.05, 0.1) is 5.56 Å². The van der Waals surface area contributed by atoms with Crippen molar-refractivity contribution < 1.29 is 9.53 Å². The Bertz CT molecular complexity index is 951. The average molecular weight is 437 g/mol. The Morgan fingerprint density at radius 1 is 1.12 bits per heavy atom. The van der Waals surface area contributed by atoms with Gasteiger partial charge in [0, 0.05) is 49.8 Å². The van der Waals surface area contributed by atoms with E-state index in [4.69, 9.17) is 9.72 Å². The highest BCUT2D eigenvalue weighted by molar-refractivity contribution is 5.90. The monoisotopic (exact) mass is 436 g/mol. The summed E-state index contributed by atoms with van der Waals surface area (Å²) < 4.78 is 5.81. The molecule has 1 aromatic heterocycles. The summed E-state index contributed by atoms with van der Waals surface area (Å²) in [6.45, 7) is 8.17. The summed E-state index contributed by atoms with van der Waals surface area (Å²) in [4.78, 5) is 26.5. The van der Waals surface area contributed by atoms with Gasteiger partial charge in [-0.3, -0.25) is 4.90 Å². The van der Waals surface area contributed by atoms with Crippen LogP contribution in [0.25, 0.3) is 0 Å². The van der Waals surface area contributed by atoms with Crippen molar-refractivity contribution in [2.75, 3.05) is 41.3 Å². The number of ether oxygens (including phenoxy) is 1. The lowest BCUT2D eigenvalue weighted by atomic mass is 9.98. The fraction of sp³-hybridized carbons (Fsp3) is 0.542. The van der Waals surface area contributed by atoms with E-state index in [1.54, 1.807) is 4.90 Å². The van der Waals surface area contributed by atoms with Crippen molar-refractivity contribution in [3.8, 4) is 0 Å². The molecule has 1 aliphatic carbocycles. The maximum absolute atomic E-state index is 12.9. The predicted octanol–water partition coefficient (Wildman–Crippen LogP) is 4.23. The van der Waals surface area contributed by atoms with Gasteiger partial charge in [-0.2, -0.15) is 4.98 Å². The molecule has 0 spiro atoms. The molecule has 1 saturated heterocycles. The molecular formula is C24H32N6O2. The van der Waals surface area contributed by atoms with Crippen molar-refractivity contribution in [1.82, 2.24) is 15.3 Å². The van der Waals surface area contributed by atoms with Gasteiger partial charge >= 0.3 is 6.09 Å². The number of fused-ring (bicyclic) bond motifs is 1. The van der Waals surface area contributed by atoms with Crippen LogP contribution in [-0.2, 0) is 4.74 Å². The third-order valence-electron chi connectivity index (χ3n) is 6.66. The first-order valence-electron chi connectivity index (χ1n) is 11.8. The van der Waals surface area contributed by atoms with Gasteiger partial charge in [0.25, 0.3) is 0 Å². The number of benzene rings is 1. The number of piperazine rings is 1. The second-order valence-electron chi connectivity index (χ2n) is 9.24. The van der Waals surface area contributed by atoms with Crippen LogP contribution in [0.3, 0.4) is 0 Å². The molecule has 2 aromatic rings. The summed E-state index contributed by atoms with van der Waals surface area (Å²) in [6.07, 6.45) is 5.46. The number of amides is 1. The molecule has 170 valence electrons. The van der Waals surface area contributed by atoms with Gasteiger partial charge in [-0.1, -0.05) is 26.7 Å². The minimum absolute atomic E-state index is 0.149. The van der Waals surface area contributed by atoms with E-state index < -0.39 is 0 Å². The number of hydrogen-bond donors (Lipinski definition) is 2. The third kappa shape index (κ3) is 4.11. The molecule has 1 atom stereocenters. The number of anilines is 4. The number of hydrogen-bond acceptors (Lipinski definition) is 7. The summed E-state index contributed by atoms with van der Waals surface area (Å²) in [5, 5.41) is 6.71. The predicted molar refractivity (Wildman–Crippen MR) is 126 cm³/mol. The van der Waals surface area contributed by atoms with Crippen molar-refractivity contribution in [2.24, 2.45) is 5.92 Å². The van der Waals surface area contributed by atoms with Crippen LogP contribution in [-0.4, -0.2) is 48.3 Å². The van der Waals surface area contributed by atoms with Crippen LogP contribution < -0.4 is 20.4 Å². The second kappa shape index (κ2) is 8.94. The molecular weight excluding hydrogens is 404 g/mol. The molecule has 0 bridgehead atoms. The molecule has 2 N–H and O–H groups in total. The number of nitrogens with zero attached hydrogens (tertiary/aromatic N) is 4. The summed E-state index contributed by atoms with van der Waals surface area (Å²) in [6, 6.07) is 8.52. The molecule has 32 heavy (non-hydrogen) atoms. The molecule has 8 heteroatoms. The summed E-state index contributed by atoms with van der Waals surface area (Å²) in [5.74, 6) is 1.35. The van der Waals surface area contributed by atoms with Crippen molar-refractivity contribution in [3.05, 3.63) is 36.0 Å². The molecule has 1 aromatic carbocycles. The van der Waals surface area contributed by atoms with Gasteiger partial charge in [-0.15, -0.1) is 0 Å². The SMILES string of the molecule is CC(C)C1OC(=O)N(C2CCCC2)c2nc(Nc3ccc(N4CCNCC4)cc3)ncc21. The molecule has 3 aliphatic rings. The van der Waals surface area contributed by atoms with E-state index in [-0.39, 0.29) is 24.2 Å². The largest absolute Gasteiger partial charge is 0.440 e. The van der Waals surface area contributed by atoms with Gasteiger partial charge in [0.1, 0.15) is 6.10 Å². The van der Waals surface area contributed by atoms with Gasteiger partial charge in [0.2, 0.25) is 5.95 Å². The molecule has 8 nitrogen and oxygen atoms in total. The Morgan fingerprint density at radius 2 is 1.84 bits per heavy atom. The maximum atomic E-state index is 12.9. The number of nitrogens with one attached hydrogen (secondary N) is 2. The standard InChI is InChI=1S/C24H32N6O2/c1-16(2)21-20-15-26-23(28-22(20)30(24(31)32-21)19-5-3-4-6-19)27-17-7-9-18(10-8-17)29-13-11-25-12-14-29/h7-10,15-16,19,21,25H,3-6,11-14H2,1-2H3,(H,26,27,28). The lowest BCUT2D eigenvalue weighted by molar-refractivity contribution is 0.0673. The second-order valence-corrected chi connectivity index (χ2v) is 9.24. The molecule has 0 radical (unpaired) electrons. The zero-order valence-electron chi connectivity index (χ0n) is 18.9. The number of cyclic esters (lactones) is 1. The smallest absolute Gasteiger partial charge is 0.416 e. The quantitative estimate of drug-likeness (QED) is 0.726. The topological polar surface area (TPSA) is 82.6 Å². The van der Waals surface area contributed by atoms with E-state index in [9.17, 15) is 4.79 Å². The first kappa shape index (κ1) is 21.0. The highest BCUT2D eigenvalue weighted by atomic mass is 16.6. The molecule has 5 rings (SSSR count). The fourth-order valence-corrected chi connectivity index (χ4v) is 4.94. The van der Waals surface area contributed by atoms with Gasteiger partial charge in [0.15, 0.2) is 5.82 Å². The molecule has 2 fully saturated rings. The third-order valence-corrected chi connectivity index (χ3v) is 6.66. The van der Waals surface area contributed by atoms with Gasteiger partial charge in [-0.25, -0.2) is 9.78 Å². The number of carbonyl (C=O) groups excluding carboxylic acids is 1. The van der Waals surface area contributed by atoms with E-state index in [0.717, 1.165) is 63.1 Å². The Morgan fingerprint density at radius 3 is 2.53 bits per heavy atom. The minimum Gasteiger partial charge on any atom is -0.440 e. The Hall–Kier alpha value is -2.87. The van der Waals surface area contributed by atoms with Crippen LogP contribution in [0.4, 0.5) is 27.9 Å². The van der Waals surface area contributed by atoms with E-state index in [2.05, 4.69) is 58.6 Å².